The summed E-state index contributed by atoms with van der Waals surface area (Å²) in [5.41, 5.74) is 4.20. The molecule has 0 bridgehead atoms. The quantitative estimate of drug-likeness (QED) is 0.808. The predicted molar refractivity (Wildman–Crippen MR) is 99.9 cm³/mol. The molecule has 4 nitrogen and oxygen atoms in total. The molecule has 0 spiro atoms. The van der Waals surface area contributed by atoms with Gasteiger partial charge in [-0.15, -0.1) is 0 Å². The highest BCUT2D eigenvalue weighted by molar-refractivity contribution is 5.77. The van der Waals surface area contributed by atoms with E-state index in [1.54, 1.807) is 0 Å². The highest BCUT2D eigenvalue weighted by Crippen LogP contribution is 2.18. The van der Waals surface area contributed by atoms with Crippen molar-refractivity contribution in [3.8, 4) is 5.75 Å². The lowest BCUT2D eigenvalue weighted by molar-refractivity contribution is -0.123. The van der Waals surface area contributed by atoms with Gasteiger partial charge in [0.1, 0.15) is 5.75 Å². The Kier molecular flexibility index (Phi) is 6.59. The minimum absolute atomic E-state index is 0.0676. The van der Waals surface area contributed by atoms with Crippen LogP contribution in [0.1, 0.15) is 48.1 Å². The molecule has 0 heterocycles. The zero-order valence-corrected chi connectivity index (χ0v) is 15.4. The van der Waals surface area contributed by atoms with E-state index in [0.717, 1.165) is 16.7 Å². The molecule has 0 radical (unpaired) electrons. The van der Waals surface area contributed by atoms with Crippen LogP contribution in [0.4, 0.5) is 0 Å². The van der Waals surface area contributed by atoms with E-state index < -0.39 is 6.10 Å². The van der Waals surface area contributed by atoms with E-state index in [0.29, 0.717) is 11.7 Å². The van der Waals surface area contributed by atoms with Crippen LogP contribution in [-0.4, -0.2) is 24.2 Å². The molecule has 1 unspecified atom stereocenters. The Morgan fingerprint density at radius 1 is 1.04 bits per heavy atom. The molecule has 1 amide bonds. The van der Waals surface area contributed by atoms with Crippen molar-refractivity contribution in [2.45, 2.75) is 39.7 Å². The molecule has 134 valence electrons. The van der Waals surface area contributed by atoms with E-state index in [4.69, 9.17) is 4.74 Å². The normalized spacial score (nSPS) is 12.1. The molecule has 0 saturated carbocycles. The largest absolute Gasteiger partial charge is 0.484 e. The first-order valence-corrected chi connectivity index (χ1v) is 8.61. The molecule has 0 aliphatic rings. The maximum atomic E-state index is 11.9. The zero-order valence-electron chi connectivity index (χ0n) is 15.4. The Morgan fingerprint density at radius 3 is 2.16 bits per heavy atom. The van der Waals surface area contributed by atoms with Crippen LogP contribution in [0.3, 0.4) is 0 Å². The Bertz CT molecular complexity index is 687. The van der Waals surface area contributed by atoms with Crippen LogP contribution in [0.15, 0.2) is 42.5 Å². The standard InChI is InChI=1S/C21H27NO3/c1-14(2)17-5-7-18(8-6-17)20(23)12-22-21(24)13-25-19-10-15(3)9-16(4)11-19/h5-11,14,20,23H,12-13H2,1-4H3,(H,22,24). The van der Waals surface area contributed by atoms with E-state index in [1.807, 2.05) is 56.3 Å². The zero-order chi connectivity index (χ0) is 18.4. The molecule has 2 aromatic carbocycles. The molecule has 25 heavy (non-hydrogen) atoms. The second-order valence-electron chi connectivity index (χ2n) is 6.75. The summed E-state index contributed by atoms with van der Waals surface area (Å²) in [7, 11) is 0. The van der Waals surface area contributed by atoms with Gasteiger partial charge in [-0.2, -0.15) is 0 Å². The summed E-state index contributed by atoms with van der Waals surface area (Å²) in [6.07, 6.45) is -0.730. The minimum Gasteiger partial charge on any atom is -0.484 e. The summed E-state index contributed by atoms with van der Waals surface area (Å²) in [6, 6.07) is 13.7. The monoisotopic (exact) mass is 341 g/mol. The Hall–Kier alpha value is -2.33. The predicted octanol–water partition coefficient (Wildman–Crippen LogP) is 3.66. The van der Waals surface area contributed by atoms with Gasteiger partial charge in [-0.05, 0) is 54.2 Å². The van der Waals surface area contributed by atoms with E-state index in [1.165, 1.54) is 5.56 Å². The second kappa shape index (κ2) is 8.67. The fourth-order valence-corrected chi connectivity index (χ4v) is 2.65. The number of benzene rings is 2. The van der Waals surface area contributed by atoms with Gasteiger partial charge < -0.3 is 15.2 Å². The van der Waals surface area contributed by atoms with Gasteiger partial charge in [0.05, 0.1) is 6.10 Å². The number of nitrogens with one attached hydrogen (secondary N) is 1. The highest BCUT2D eigenvalue weighted by atomic mass is 16.5. The summed E-state index contributed by atoms with van der Waals surface area (Å²) in [6.45, 7) is 8.32. The average molecular weight is 341 g/mol. The molecule has 0 saturated heterocycles. The van der Waals surface area contributed by atoms with Gasteiger partial charge in [0.2, 0.25) is 0 Å². The van der Waals surface area contributed by atoms with Crippen molar-refractivity contribution in [1.82, 2.24) is 5.32 Å². The molecule has 2 rings (SSSR count). The maximum absolute atomic E-state index is 11.9. The number of ether oxygens (including phenoxy) is 1. The first-order chi connectivity index (χ1) is 11.8. The van der Waals surface area contributed by atoms with Crippen molar-refractivity contribution in [3.05, 3.63) is 64.7 Å². The third kappa shape index (κ3) is 5.91. The van der Waals surface area contributed by atoms with Gasteiger partial charge in [0.15, 0.2) is 6.61 Å². The van der Waals surface area contributed by atoms with Gasteiger partial charge in [-0.3, -0.25) is 4.79 Å². The van der Waals surface area contributed by atoms with Crippen LogP contribution in [0.5, 0.6) is 5.75 Å². The lowest BCUT2D eigenvalue weighted by Crippen LogP contribution is -2.32. The van der Waals surface area contributed by atoms with Crippen molar-refractivity contribution in [2.24, 2.45) is 0 Å². The van der Waals surface area contributed by atoms with E-state index in [2.05, 4.69) is 19.2 Å². The number of carbonyl (C=O) groups is 1. The van der Waals surface area contributed by atoms with Crippen LogP contribution in [0.2, 0.25) is 0 Å². The van der Waals surface area contributed by atoms with Gasteiger partial charge in [0.25, 0.3) is 5.91 Å². The summed E-state index contributed by atoms with van der Waals surface area (Å²) >= 11 is 0. The minimum atomic E-state index is -0.730. The smallest absolute Gasteiger partial charge is 0.258 e. The third-order valence-electron chi connectivity index (χ3n) is 4.05. The Labute approximate surface area is 149 Å². The molecule has 2 aromatic rings. The Balaban J connectivity index is 1.80. The summed E-state index contributed by atoms with van der Waals surface area (Å²) < 4.78 is 5.52. The van der Waals surface area contributed by atoms with Crippen molar-refractivity contribution in [3.63, 3.8) is 0 Å². The van der Waals surface area contributed by atoms with Crippen LogP contribution < -0.4 is 10.1 Å². The number of rotatable bonds is 7. The van der Waals surface area contributed by atoms with Gasteiger partial charge >= 0.3 is 0 Å². The third-order valence-corrected chi connectivity index (χ3v) is 4.05. The number of hydrogen-bond acceptors (Lipinski definition) is 3. The lowest BCUT2D eigenvalue weighted by Gasteiger charge is -2.14. The number of amides is 1. The van der Waals surface area contributed by atoms with Gasteiger partial charge in [0, 0.05) is 6.54 Å². The number of carbonyl (C=O) groups excluding carboxylic acids is 1. The van der Waals surface area contributed by atoms with E-state index in [9.17, 15) is 9.90 Å². The van der Waals surface area contributed by atoms with E-state index in [-0.39, 0.29) is 19.1 Å². The number of aryl methyl sites for hydroxylation is 2. The lowest BCUT2D eigenvalue weighted by atomic mass is 10.00. The second-order valence-corrected chi connectivity index (χ2v) is 6.75. The Morgan fingerprint density at radius 2 is 1.60 bits per heavy atom. The van der Waals surface area contributed by atoms with Crippen LogP contribution in [0, 0.1) is 13.8 Å². The van der Waals surface area contributed by atoms with Crippen LogP contribution >= 0.6 is 0 Å². The van der Waals surface area contributed by atoms with Crippen LogP contribution in [-0.2, 0) is 4.79 Å². The molecule has 4 heteroatoms. The first kappa shape index (κ1) is 19.0. The molecule has 0 fully saturated rings. The number of aliphatic hydroxyl groups excluding tert-OH is 1. The molecule has 1 atom stereocenters. The fraction of sp³-hybridized carbons (Fsp3) is 0.381. The number of aliphatic hydroxyl groups is 1. The van der Waals surface area contributed by atoms with Gasteiger partial charge in [-0.1, -0.05) is 44.2 Å². The average Bonchev–Trinajstić information content (AvgIpc) is 2.57. The fourth-order valence-electron chi connectivity index (χ4n) is 2.65. The highest BCUT2D eigenvalue weighted by Gasteiger charge is 2.11. The molecule has 0 aliphatic heterocycles. The molecule has 0 aromatic heterocycles. The van der Waals surface area contributed by atoms with Crippen LogP contribution in [0.25, 0.3) is 0 Å². The van der Waals surface area contributed by atoms with Crippen molar-refractivity contribution < 1.29 is 14.6 Å². The molecular weight excluding hydrogens is 314 g/mol. The summed E-state index contributed by atoms with van der Waals surface area (Å²) in [5, 5.41) is 12.9. The van der Waals surface area contributed by atoms with Crippen molar-refractivity contribution in [2.75, 3.05) is 13.2 Å². The first-order valence-electron chi connectivity index (χ1n) is 8.61. The van der Waals surface area contributed by atoms with E-state index >= 15 is 0 Å². The number of hydrogen-bond donors (Lipinski definition) is 2. The van der Waals surface area contributed by atoms with Crippen molar-refractivity contribution in [1.29, 1.82) is 0 Å². The molecular formula is C21H27NO3. The molecule has 2 N–H and O–H groups in total. The topological polar surface area (TPSA) is 58.6 Å². The maximum Gasteiger partial charge on any atom is 0.258 e. The summed E-state index contributed by atoms with van der Waals surface area (Å²) in [5.74, 6) is 0.878. The molecule has 0 aliphatic carbocycles. The van der Waals surface area contributed by atoms with Crippen molar-refractivity contribution >= 4 is 5.91 Å². The summed E-state index contributed by atoms with van der Waals surface area (Å²) in [4.78, 5) is 11.9. The SMILES string of the molecule is Cc1cc(C)cc(OCC(=O)NCC(O)c2ccc(C(C)C)cc2)c1. The van der Waals surface area contributed by atoms with Gasteiger partial charge in [-0.25, -0.2) is 0 Å².